The minimum absolute atomic E-state index is 0.00506. The van der Waals surface area contributed by atoms with Crippen LogP contribution in [0.15, 0.2) is 225 Å². The second kappa shape index (κ2) is 33.1. The quantitative estimate of drug-likeness (QED) is 0.0681. The van der Waals surface area contributed by atoms with Gasteiger partial charge >= 0.3 is 24.1 Å². The van der Waals surface area contributed by atoms with E-state index in [1.165, 1.54) is 28.3 Å². The van der Waals surface area contributed by atoms with Crippen molar-refractivity contribution < 1.29 is 28.3 Å². The van der Waals surface area contributed by atoms with Crippen LogP contribution in [0.1, 0.15) is 131 Å². The van der Waals surface area contributed by atoms with Crippen LogP contribution in [0.25, 0.3) is 11.4 Å². The molecule has 0 unspecified atom stereocenters. The first-order valence-corrected chi connectivity index (χ1v) is 39.9. The SMILES string of the molecule is CN(C)C1(c2ccccc2)CCC2(CC1)CN(c1ccccc1F)C(=O)N2.CN(C)C1(c2ccccc2)CCC2(CC1)CN(c1cccnn1)C(=O)N2.CN(C)C1(c2ccccc2)CCC2(CC1)CN(c1cnc(-c3ccccc3)nc1)C(=O)N2.CNC1(c2ccccc2)CCC2(CC1)CN(c1ccc(C#N)cc1OC)C(=O)N2. The van der Waals surface area contributed by atoms with E-state index in [9.17, 15) is 23.6 Å². The number of benzene rings is 7. The number of nitrogens with zero attached hydrogens (tertiary/aromatic N) is 12. The molecule has 8 aliphatic rings. The molecule has 7 aromatic carbocycles. The molecule has 4 spiro atoms. The molecule has 0 radical (unpaired) electrons. The molecular weight excluding hydrogens is 1430 g/mol. The number of carbonyl (C=O) groups is 4. The van der Waals surface area contributed by atoms with Gasteiger partial charge in [0, 0.05) is 40.0 Å². The van der Waals surface area contributed by atoms with Gasteiger partial charge in [0.1, 0.15) is 11.6 Å². The summed E-state index contributed by atoms with van der Waals surface area (Å²) in [5.74, 6) is 1.47. The van der Waals surface area contributed by atoms with Crippen molar-refractivity contribution in [1.82, 2.24) is 61.4 Å². The van der Waals surface area contributed by atoms with Gasteiger partial charge in [-0.25, -0.2) is 33.5 Å². The number of nitrogens with one attached hydrogen (secondary N) is 5. The molecule has 4 aliphatic heterocycles. The number of methoxy groups -OCH3 is 1. The molecule has 17 rings (SSSR count). The fraction of sp³-hybridized carbons (Fsp3) is 0.396. The lowest BCUT2D eigenvalue weighted by Crippen LogP contribution is -2.54. The zero-order chi connectivity index (χ0) is 79.9. The van der Waals surface area contributed by atoms with Crippen molar-refractivity contribution in [2.24, 2.45) is 0 Å². The second-order valence-electron chi connectivity index (χ2n) is 32.9. The smallest absolute Gasteiger partial charge is 0.323 e. The van der Waals surface area contributed by atoms with Crippen LogP contribution >= 0.6 is 0 Å². The van der Waals surface area contributed by atoms with Crippen molar-refractivity contribution >= 4 is 47.0 Å². The summed E-state index contributed by atoms with van der Waals surface area (Å²) in [5.41, 5.74) is 7.65. The Kier molecular flexibility index (Phi) is 23.1. The maximum absolute atomic E-state index is 14.2. The fourth-order valence-corrected chi connectivity index (χ4v) is 19.3. The van der Waals surface area contributed by atoms with Gasteiger partial charge in [0.25, 0.3) is 0 Å². The highest BCUT2D eigenvalue weighted by Gasteiger charge is 2.55. The summed E-state index contributed by atoms with van der Waals surface area (Å²) in [6.45, 7) is 2.43. The molecule has 0 bridgehead atoms. The summed E-state index contributed by atoms with van der Waals surface area (Å²) in [7, 11) is 16.5. The average Bonchev–Trinajstić information content (AvgIpc) is 1.62. The van der Waals surface area contributed by atoms with Crippen LogP contribution < -0.4 is 50.9 Å². The van der Waals surface area contributed by atoms with Crippen molar-refractivity contribution in [2.75, 3.05) is 102 Å². The summed E-state index contributed by atoms with van der Waals surface area (Å²) in [4.78, 5) is 73.7. The van der Waals surface area contributed by atoms with E-state index in [1.54, 1.807) is 81.7 Å². The number of anilines is 4. The van der Waals surface area contributed by atoms with Crippen LogP contribution in [0.3, 0.4) is 0 Å². The minimum atomic E-state index is -0.354. The molecule has 8 amide bonds. The summed E-state index contributed by atoms with van der Waals surface area (Å²) < 4.78 is 19.6. The molecule has 4 aliphatic carbocycles. The molecule has 9 aromatic rings. The largest absolute Gasteiger partial charge is 0.495 e. The number of urea groups is 4. The van der Waals surface area contributed by atoms with E-state index in [1.807, 2.05) is 61.6 Å². The Morgan fingerprint density at radius 1 is 0.439 bits per heavy atom. The van der Waals surface area contributed by atoms with Crippen LogP contribution in [0.5, 0.6) is 5.75 Å². The number of halogens is 1. The molecule has 4 saturated carbocycles. The number of nitriles is 1. The first-order chi connectivity index (χ1) is 55.1. The highest BCUT2D eigenvalue weighted by atomic mass is 19.1. The van der Waals surface area contributed by atoms with Crippen LogP contribution in [-0.2, 0) is 22.2 Å². The van der Waals surface area contributed by atoms with Gasteiger partial charge in [0.2, 0.25) is 0 Å². The van der Waals surface area contributed by atoms with Gasteiger partial charge in [0.15, 0.2) is 11.6 Å². The van der Waals surface area contributed by atoms with E-state index in [0.29, 0.717) is 60.5 Å². The first kappa shape index (κ1) is 79.5. The predicted octanol–water partition coefficient (Wildman–Crippen LogP) is 14.9. The first-order valence-electron chi connectivity index (χ1n) is 39.9. The third kappa shape index (κ3) is 15.8. The Bertz CT molecular complexity index is 4840. The molecule has 0 atom stereocenters. The molecule has 4 saturated heterocycles. The summed E-state index contributed by atoms with van der Waals surface area (Å²) in [6, 6.07) is 69.5. The number of carbonyl (C=O) groups excluding carboxylic acids is 4. The Hall–Kier alpha value is -11.2. The van der Waals surface area contributed by atoms with Crippen molar-refractivity contribution in [3.8, 4) is 23.2 Å². The van der Waals surface area contributed by atoms with Crippen LogP contribution in [0, 0.1) is 17.1 Å². The fourth-order valence-electron chi connectivity index (χ4n) is 19.3. The third-order valence-electron chi connectivity index (χ3n) is 26.3. The third-order valence-corrected chi connectivity index (χ3v) is 26.3. The predicted molar refractivity (Wildman–Crippen MR) is 445 cm³/mol. The second-order valence-corrected chi connectivity index (χ2v) is 32.9. The van der Waals surface area contributed by atoms with Crippen molar-refractivity contribution in [1.29, 1.82) is 5.26 Å². The topological polar surface area (TPSA) is 236 Å². The summed E-state index contributed by atoms with van der Waals surface area (Å²) in [6.07, 6.45) is 20.3. The lowest BCUT2D eigenvalue weighted by Gasteiger charge is -2.48. The van der Waals surface area contributed by atoms with E-state index in [0.717, 1.165) is 114 Å². The van der Waals surface area contributed by atoms with Gasteiger partial charge in [-0.05, 0) is 211 Å². The van der Waals surface area contributed by atoms with Crippen LogP contribution in [0.2, 0.25) is 0 Å². The highest BCUT2D eigenvalue weighted by molar-refractivity contribution is 5.98. The van der Waals surface area contributed by atoms with Gasteiger partial charge in [-0.15, -0.1) is 5.10 Å². The Labute approximate surface area is 669 Å². The summed E-state index contributed by atoms with van der Waals surface area (Å²) in [5, 5.41) is 33.7. The van der Waals surface area contributed by atoms with Gasteiger partial charge in [-0.2, -0.15) is 10.4 Å². The average molecular weight is 1540 g/mol. The van der Waals surface area contributed by atoms with Crippen LogP contribution in [-0.4, -0.2) is 164 Å². The number of aromatic nitrogens is 4. The minimum Gasteiger partial charge on any atom is -0.495 e. The van der Waals surface area contributed by atoms with Gasteiger partial charge in [0.05, 0.1) is 96.5 Å². The van der Waals surface area contributed by atoms with E-state index >= 15 is 0 Å². The van der Waals surface area contributed by atoms with Gasteiger partial charge in [-0.1, -0.05) is 164 Å². The molecule has 23 heteroatoms. The Balaban J connectivity index is 0.000000126. The van der Waals surface area contributed by atoms with Crippen molar-refractivity contribution in [3.05, 3.63) is 258 Å². The lowest BCUT2D eigenvalue weighted by molar-refractivity contribution is 0.0657. The number of amides is 8. The van der Waals surface area contributed by atoms with E-state index in [2.05, 4.69) is 219 Å². The van der Waals surface area contributed by atoms with Gasteiger partial charge < -0.3 is 31.3 Å². The Morgan fingerprint density at radius 3 is 1.22 bits per heavy atom. The number of hydrogen-bond acceptors (Lipinski definition) is 14. The summed E-state index contributed by atoms with van der Waals surface area (Å²) >= 11 is 0. The molecular formula is C91H106FN17O5. The molecule has 2 aromatic heterocycles. The monoisotopic (exact) mass is 1540 g/mol. The molecule has 114 heavy (non-hydrogen) atoms. The van der Waals surface area contributed by atoms with Gasteiger partial charge in [-0.3, -0.25) is 34.3 Å². The lowest BCUT2D eigenvalue weighted by atomic mass is 9.69. The number of para-hydroxylation sites is 1. The number of ether oxygens (including phenoxy) is 1. The molecule has 8 fully saturated rings. The normalized spacial score (nSPS) is 26.9. The highest BCUT2D eigenvalue weighted by Crippen LogP contribution is 2.51. The maximum atomic E-state index is 14.2. The van der Waals surface area contributed by atoms with Crippen molar-refractivity contribution in [2.45, 2.75) is 147 Å². The Morgan fingerprint density at radius 2 is 0.816 bits per heavy atom. The molecule has 5 N–H and O–H groups in total. The number of rotatable bonds is 14. The van der Waals surface area contributed by atoms with E-state index in [-0.39, 0.29) is 74.3 Å². The molecule has 6 heterocycles. The van der Waals surface area contributed by atoms with Crippen molar-refractivity contribution in [3.63, 3.8) is 0 Å². The van der Waals surface area contributed by atoms with Crippen LogP contribution in [0.4, 0.5) is 46.4 Å². The van der Waals surface area contributed by atoms with E-state index in [4.69, 9.17) is 10.00 Å². The standard InChI is InChI=1S/C26H29N5O.C23H26N4O2.C22H26FN3O.C20H25N5O/c1-30(2)26(21-11-7-4-8-12-21)15-13-25(14-16-26)19-31(24(32)29-25)22-17-27-23(28-18-22)20-9-5-3-6-10-20;1-25-23(18-6-4-3-5-7-18)12-10-22(11-13-23)16-27(21(28)26-22)19-9-8-17(15-24)14-20(19)29-2;1-25(2)22(17-8-4-3-5-9-17)14-12-21(13-15-22)16-26(20(27)24-21)19-11-7-6-10-18(19)23;1-24(2)20(16-7-4-3-5-8-16)12-10-19(11-13-20)15-25(18(26)22-19)17-9-6-14-21-23-17/h3-12,17-18H,13-16,19H2,1-2H3,(H,29,32);3-9,14,25H,10-13,16H2,1-2H3,(H,26,28);3-11H,12-16H2,1-2H3,(H,24,27);3-9,14H,10-13,15H2,1-2H3,(H,22,26). The number of hydrogen-bond donors (Lipinski definition) is 5. The zero-order valence-corrected chi connectivity index (χ0v) is 66.8. The maximum Gasteiger partial charge on any atom is 0.323 e. The zero-order valence-electron chi connectivity index (χ0n) is 66.8. The molecule has 22 nitrogen and oxygen atoms in total. The molecule has 592 valence electrons. The van der Waals surface area contributed by atoms with E-state index < -0.39 is 0 Å².